The molecule has 0 aliphatic rings. The lowest BCUT2D eigenvalue weighted by atomic mass is 10.2. The highest BCUT2D eigenvalue weighted by atomic mass is 35.5. The summed E-state index contributed by atoms with van der Waals surface area (Å²) in [7, 11) is 1.50. The fourth-order valence-electron chi connectivity index (χ4n) is 2.50. The highest BCUT2D eigenvalue weighted by Gasteiger charge is 2.11. The fourth-order valence-corrected chi connectivity index (χ4v) is 2.80. The SMILES string of the molecule is CCOc1cc(/C=C/C(=O)NNC(=O)Cn2nc(C)cc2C)cc(Cl)c1OC. The standard InChI is InChI=1S/C19H23ClN4O4/c1-5-28-16-10-14(9-15(20)19(16)27-4)6-7-17(25)21-22-18(26)11-24-13(3)8-12(2)23-24/h6-10H,5,11H2,1-4H3,(H,21,25)(H,22,26)/b7-6+. The average molecular weight is 407 g/mol. The Kier molecular flexibility index (Phi) is 7.45. The molecule has 2 rings (SSSR count). The van der Waals surface area contributed by atoms with Crippen LogP contribution in [0, 0.1) is 13.8 Å². The third-order valence-corrected chi connectivity index (χ3v) is 3.97. The number of rotatable bonds is 7. The number of methoxy groups -OCH3 is 1. The Morgan fingerprint density at radius 1 is 1.25 bits per heavy atom. The first-order valence-corrected chi connectivity index (χ1v) is 9.00. The number of nitrogens with zero attached hydrogens (tertiary/aromatic N) is 2. The zero-order chi connectivity index (χ0) is 20.7. The number of carbonyl (C=O) groups excluding carboxylic acids is 2. The van der Waals surface area contributed by atoms with E-state index in [0.29, 0.717) is 28.7 Å². The number of hydrogen-bond acceptors (Lipinski definition) is 5. The molecule has 28 heavy (non-hydrogen) atoms. The maximum absolute atomic E-state index is 11.9. The number of aryl methyl sites for hydroxylation is 2. The molecule has 0 atom stereocenters. The van der Waals surface area contributed by atoms with Crippen molar-refractivity contribution in [2.24, 2.45) is 0 Å². The van der Waals surface area contributed by atoms with Crippen LogP contribution in [0.1, 0.15) is 23.9 Å². The lowest BCUT2D eigenvalue weighted by Crippen LogP contribution is -2.42. The van der Waals surface area contributed by atoms with Gasteiger partial charge in [-0.1, -0.05) is 11.6 Å². The van der Waals surface area contributed by atoms with Gasteiger partial charge in [0.25, 0.3) is 11.8 Å². The molecule has 1 aromatic heterocycles. The number of hydrogen-bond donors (Lipinski definition) is 2. The van der Waals surface area contributed by atoms with Crippen molar-refractivity contribution in [1.82, 2.24) is 20.6 Å². The van der Waals surface area contributed by atoms with Gasteiger partial charge in [0.15, 0.2) is 11.5 Å². The number of halogens is 1. The predicted octanol–water partition coefficient (Wildman–Crippen LogP) is 2.42. The Morgan fingerprint density at radius 3 is 2.61 bits per heavy atom. The highest BCUT2D eigenvalue weighted by Crippen LogP contribution is 2.36. The van der Waals surface area contributed by atoms with Crippen LogP contribution in [0.15, 0.2) is 24.3 Å². The first-order valence-electron chi connectivity index (χ1n) is 8.62. The maximum Gasteiger partial charge on any atom is 0.262 e. The summed E-state index contributed by atoms with van der Waals surface area (Å²) in [6, 6.07) is 5.22. The van der Waals surface area contributed by atoms with Crippen LogP contribution < -0.4 is 20.3 Å². The average Bonchev–Trinajstić information content (AvgIpc) is 2.95. The Labute approximate surface area is 168 Å². The van der Waals surface area contributed by atoms with E-state index in [1.807, 2.05) is 26.8 Å². The Hall–Kier alpha value is -3.00. The van der Waals surface area contributed by atoms with Crippen molar-refractivity contribution in [2.45, 2.75) is 27.3 Å². The van der Waals surface area contributed by atoms with Crippen molar-refractivity contribution >= 4 is 29.5 Å². The van der Waals surface area contributed by atoms with Crippen LogP contribution in [0.3, 0.4) is 0 Å². The molecular weight excluding hydrogens is 384 g/mol. The monoisotopic (exact) mass is 406 g/mol. The van der Waals surface area contributed by atoms with Gasteiger partial charge in [-0.05, 0) is 50.6 Å². The molecule has 2 aromatic rings. The van der Waals surface area contributed by atoms with Gasteiger partial charge in [0.05, 0.1) is 24.4 Å². The molecular formula is C19H23ClN4O4. The first kappa shape index (κ1) is 21.3. The summed E-state index contributed by atoms with van der Waals surface area (Å²) in [5.41, 5.74) is 7.00. The van der Waals surface area contributed by atoms with Crippen LogP contribution in [0.2, 0.25) is 5.02 Å². The minimum atomic E-state index is -0.494. The van der Waals surface area contributed by atoms with Crippen LogP contribution in [-0.2, 0) is 16.1 Å². The molecule has 2 N–H and O–H groups in total. The molecule has 8 nitrogen and oxygen atoms in total. The van der Waals surface area contributed by atoms with Gasteiger partial charge in [-0.2, -0.15) is 5.10 Å². The van der Waals surface area contributed by atoms with Gasteiger partial charge in [0.2, 0.25) is 0 Å². The van der Waals surface area contributed by atoms with Gasteiger partial charge in [0, 0.05) is 11.8 Å². The molecule has 0 fully saturated rings. The molecule has 0 saturated carbocycles. The normalized spacial score (nSPS) is 10.8. The number of amides is 2. The van der Waals surface area contributed by atoms with E-state index in [0.717, 1.165) is 11.4 Å². The molecule has 0 aliphatic carbocycles. The summed E-state index contributed by atoms with van der Waals surface area (Å²) in [5.74, 6) is 0.0305. The van der Waals surface area contributed by atoms with Crippen molar-refractivity contribution < 1.29 is 19.1 Å². The third kappa shape index (κ3) is 5.75. The van der Waals surface area contributed by atoms with Crippen molar-refractivity contribution in [3.05, 3.63) is 46.2 Å². The summed E-state index contributed by atoms with van der Waals surface area (Å²) in [5, 5.41) is 4.56. The van der Waals surface area contributed by atoms with Crippen LogP contribution in [0.5, 0.6) is 11.5 Å². The number of nitrogens with one attached hydrogen (secondary N) is 2. The van der Waals surface area contributed by atoms with Gasteiger partial charge in [-0.3, -0.25) is 25.1 Å². The molecule has 0 aliphatic heterocycles. The minimum Gasteiger partial charge on any atom is -0.491 e. The molecule has 150 valence electrons. The summed E-state index contributed by atoms with van der Waals surface area (Å²) in [6.45, 7) is 6.00. The number of benzene rings is 1. The van der Waals surface area contributed by atoms with E-state index in [1.165, 1.54) is 13.2 Å². The third-order valence-electron chi connectivity index (χ3n) is 3.68. The van der Waals surface area contributed by atoms with E-state index in [9.17, 15) is 9.59 Å². The van der Waals surface area contributed by atoms with Crippen LogP contribution >= 0.6 is 11.6 Å². The summed E-state index contributed by atoms with van der Waals surface area (Å²) in [4.78, 5) is 23.9. The largest absolute Gasteiger partial charge is 0.491 e. The Morgan fingerprint density at radius 2 is 2.00 bits per heavy atom. The molecule has 9 heteroatoms. The smallest absolute Gasteiger partial charge is 0.262 e. The van der Waals surface area contributed by atoms with Gasteiger partial charge < -0.3 is 9.47 Å². The molecule has 0 radical (unpaired) electrons. The molecule has 1 aromatic carbocycles. The molecule has 0 bridgehead atoms. The van der Waals surface area contributed by atoms with Gasteiger partial charge in [0.1, 0.15) is 6.54 Å². The van der Waals surface area contributed by atoms with Crippen molar-refractivity contribution in [2.75, 3.05) is 13.7 Å². The van der Waals surface area contributed by atoms with E-state index in [-0.39, 0.29) is 12.5 Å². The lowest BCUT2D eigenvalue weighted by molar-refractivity contribution is -0.127. The number of carbonyl (C=O) groups is 2. The summed E-state index contributed by atoms with van der Waals surface area (Å²) in [6.07, 6.45) is 2.83. The van der Waals surface area contributed by atoms with Crippen molar-refractivity contribution in [3.8, 4) is 11.5 Å². The molecule has 0 saturated heterocycles. The summed E-state index contributed by atoms with van der Waals surface area (Å²) < 4.78 is 12.3. The second-order valence-corrected chi connectivity index (χ2v) is 6.33. The maximum atomic E-state index is 11.9. The fraction of sp³-hybridized carbons (Fsp3) is 0.316. The molecule has 0 spiro atoms. The van der Waals surface area contributed by atoms with E-state index in [1.54, 1.807) is 22.9 Å². The summed E-state index contributed by atoms with van der Waals surface area (Å²) >= 11 is 6.18. The van der Waals surface area contributed by atoms with E-state index in [2.05, 4.69) is 16.0 Å². The first-order chi connectivity index (χ1) is 13.3. The van der Waals surface area contributed by atoms with Crippen LogP contribution in [0.25, 0.3) is 6.08 Å². The van der Waals surface area contributed by atoms with E-state index >= 15 is 0 Å². The zero-order valence-corrected chi connectivity index (χ0v) is 17.0. The van der Waals surface area contributed by atoms with E-state index < -0.39 is 5.91 Å². The Balaban J connectivity index is 1.94. The lowest BCUT2D eigenvalue weighted by Gasteiger charge is -2.11. The van der Waals surface area contributed by atoms with Gasteiger partial charge in [-0.25, -0.2) is 0 Å². The van der Waals surface area contributed by atoms with Crippen molar-refractivity contribution in [3.63, 3.8) is 0 Å². The second kappa shape index (κ2) is 9.80. The van der Waals surface area contributed by atoms with Crippen molar-refractivity contribution in [1.29, 1.82) is 0 Å². The molecule has 1 heterocycles. The predicted molar refractivity (Wildman–Crippen MR) is 106 cm³/mol. The van der Waals surface area contributed by atoms with Gasteiger partial charge >= 0.3 is 0 Å². The number of hydrazine groups is 1. The van der Waals surface area contributed by atoms with Gasteiger partial charge in [-0.15, -0.1) is 0 Å². The zero-order valence-electron chi connectivity index (χ0n) is 16.2. The second-order valence-electron chi connectivity index (χ2n) is 5.92. The Bertz CT molecular complexity index is 892. The highest BCUT2D eigenvalue weighted by molar-refractivity contribution is 6.32. The van der Waals surface area contributed by atoms with E-state index in [4.69, 9.17) is 21.1 Å². The minimum absolute atomic E-state index is 0.00940. The topological polar surface area (TPSA) is 94.5 Å². The van der Waals surface area contributed by atoms with Crippen LogP contribution in [-0.4, -0.2) is 35.3 Å². The molecule has 2 amide bonds. The number of aromatic nitrogens is 2. The number of ether oxygens (including phenoxy) is 2. The quantitative estimate of drug-likeness (QED) is 0.544. The molecule has 0 unspecified atom stereocenters. The van der Waals surface area contributed by atoms with Crippen LogP contribution in [0.4, 0.5) is 0 Å².